The predicted octanol–water partition coefficient (Wildman–Crippen LogP) is 4.07. The van der Waals surface area contributed by atoms with E-state index in [2.05, 4.69) is 4.98 Å². The van der Waals surface area contributed by atoms with E-state index in [-0.39, 0.29) is 11.7 Å². The highest BCUT2D eigenvalue weighted by molar-refractivity contribution is 6.05. The maximum absolute atomic E-state index is 13.1. The van der Waals surface area contributed by atoms with E-state index in [1.54, 1.807) is 47.5 Å². The van der Waals surface area contributed by atoms with Crippen molar-refractivity contribution in [2.45, 2.75) is 6.54 Å². The third-order valence-corrected chi connectivity index (χ3v) is 3.45. The van der Waals surface area contributed by atoms with Gasteiger partial charge in [0.15, 0.2) is 0 Å². The Morgan fingerprint density at radius 2 is 1.61 bits per heavy atom. The predicted molar refractivity (Wildman–Crippen MR) is 87.6 cm³/mol. The summed E-state index contributed by atoms with van der Waals surface area (Å²) in [5, 5.41) is 0. The molecule has 0 aliphatic carbocycles. The van der Waals surface area contributed by atoms with Crippen LogP contribution in [0.5, 0.6) is 0 Å². The second kappa shape index (κ2) is 6.83. The van der Waals surface area contributed by atoms with Gasteiger partial charge < -0.3 is 0 Å². The van der Waals surface area contributed by atoms with Crippen molar-refractivity contribution in [1.82, 2.24) is 4.98 Å². The number of halogens is 1. The first-order valence-corrected chi connectivity index (χ1v) is 7.26. The molecular weight excluding hydrogens is 291 g/mol. The molecule has 0 unspecified atom stereocenters. The molecule has 0 fully saturated rings. The lowest BCUT2D eigenvalue weighted by Crippen LogP contribution is -2.31. The number of amides is 1. The number of pyridine rings is 1. The van der Waals surface area contributed by atoms with E-state index in [4.69, 9.17) is 0 Å². The highest BCUT2D eigenvalue weighted by atomic mass is 19.1. The van der Waals surface area contributed by atoms with Crippen molar-refractivity contribution in [1.29, 1.82) is 0 Å². The number of hydrogen-bond acceptors (Lipinski definition) is 2. The summed E-state index contributed by atoms with van der Waals surface area (Å²) in [4.78, 5) is 18.7. The van der Waals surface area contributed by atoms with Gasteiger partial charge in [-0.1, -0.05) is 36.4 Å². The smallest absolute Gasteiger partial charge is 0.259 e. The van der Waals surface area contributed by atoms with Gasteiger partial charge in [0.1, 0.15) is 11.6 Å². The lowest BCUT2D eigenvalue weighted by Gasteiger charge is -2.22. The van der Waals surface area contributed by atoms with Crippen molar-refractivity contribution in [3.63, 3.8) is 0 Å². The lowest BCUT2D eigenvalue weighted by atomic mass is 10.1. The molecule has 0 aliphatic heterocycles. The molecule has 23 heavy (non-hydrogen) atoms. The highest BCUT2D eigenvalue weighted by Gasteiger charge is 2.18. The zero-order valence-electron chi connectivity index (χ0n) is 12.4. The zero-order chi connectivity index (χ0) is 16.1. The summed E-state index contributed by atoms with van der Waals surface area (Å²) in [5.74, 6) is 0.117. The molecule has 3 nitrogen and oxygen atoms in total. The Kier molecular flexibility index (Phi) is 4.43. The van der Waals surface area contributed by atoms with Crippen LogP contribution >= 0.6 is 0 Å². The molecule has 1 amide bonds. The molecule has 0 saturated heterocycles. The highest BCUT2D eigenvalue weighted by Crippen LogP contribution is 2.18. The Morgan fingerprint density at radius 1 is 0.913 bits per heavy atom. The Bertz CT molecular complexity index is 773. The zero-order valence-corrected chi connectivity index (χ0v) is 12.4. The molecule has 0 radical (unpaired) electrons. The molecule has 0 aliphatic rings. The minimum atomic E-state index is -0.299. The molecule has 3 aromatic rings. The monoisotopic (exact) mass is 306 g/mol. The molecule has 0 saturated carbocycles. The largest absolute Gasteiger partial charge is 0.288 e. The van der Waals surface area contributed by atoms with Crippen molar-refractivity contribution < 1.29 is 9.18 Å². The van der Waals surface area contributed by atoms with Crippen LogP contribution < -0.4 is 4.90 Å². The molecule has 4 heteroatoms. The Morgan fingerprint density at radius 3 is 2.26 bits per heavy atom. The topological polar surface area (TPSA) is 33.2 Å². The SMILES string of the molecule is O=C(c1ccccc1)N(Cc1ccc(F)cc1)c1ccccn1. The van der Waals surface area contributed by atoms with E-state index in [9.17, 15) is 9.18 Å². The van der Waals surface area contributed by atoms with E-state index in [1.807, 2.05) is 24.3 Å². The molecule has 114 valence electrons. The number of anilines is 1. The number of nitrogens with zero attached hydrogens (tertiary/aromatic N) is 2. The van der Waals surface area contributed by atoms with Crippen LogP contribution in [0.2, 0.25) is 0 Å². The third kappa shape index (κ3) is 3.61. The first-order chi connectivity index (χ1) is 11.2. The first-order valence-electron chi connectivity index (χ1n) is 7.26. The molecule has 0 bridgehead atoms. The summed E-state index contributed by atoms with van der Waals surface area (Å²) < 4.78 is 13.1. The summed E-state index contributed by atoms with van der Waals surface area (Å²) in [5.41, 5.74) is 1.42. The Labute approximate surface area is 134 Å². The fraction of sp³-hybridized carbons (Fsp3) is 0.0526. The van der Waals surface area contributed by atoms with Gasteiger partial charge in [0.2, 0.25) is 0 Å². The average Bonchev–Trinajstić information content (AvgIpc) is 2.62. The Hall–Kier alpha value is -3.01. The second-order valence-electron chi connectivity index (χ2n) is 5.07. The third-order valence-electron chi connectivity index (χ3n) is 3.45. The lowest BCUT2D eigenvalue weighted by molar-refractivity contribution is 0.0984. The van der Waals surface area contributed by atoms with E-state index in [1.165, 1.54) is 12.1 Å². The van der Waals surface area contributed by atoms with E-state index >= 15 is 0 Å². The van der Waals surface area contributed by atoms with Crippen molar-refractivity contribution in [2.24, 2.45) is 0 Å². The molecule has 0 N–H and O–H groups in total. The van der Waals surface area contributed by atoms with Gasteiger partial charge in [-0.2, -0.15) is 0 Å². The molecular formula is C19H15FN2O. The minimum absolute atomic E-state index is 0.145. The van der Waals surface area contributed by atoms with Gasteiger partial charge in [-0.25, -0.2) is 9.37 Å². The number of carbonyl (C=O) groups is 1. The number of aromatic nitrogens is 1. The van der Waals surface area contributed by atoms with Crippen molar-refractivity contribution in [2.75, 3.05) is 4.90 Å². The summed E-state index contributed by atoms with van der Waals surface area (Å²) in [7, 11) is 0. The minimum Gasteiger partial charge on any atom is -0.288 e. The van der Waals surface area contributed by atoms with Crippen LogP contribution in [-0.4, -0.2) is 10.9 Å². The number of carbonyl (C=O) groups excluding carboxylic acids is 1. The number of benzene rings is 2. The van der Waals surface area contributed by atoms with Gasteiger partial charge in [-0.3, -0.25) is 9.69 Å². The normalized spacial score (nSPS) is 10.3. The fourth-order valence-corrected chi connectivity index (χ4v) is 2.28. The average molecular weight is 306 g/mol. The molecule has 2 aromatic carbocycles. The van der Waals surface area contributed by atoms with Crippen LogP contribution in [0.25, 0.3) is 0 Å². The van der Waals surface area contributed by atoms with Gasteiger partial charge in [0.25, 0.3) is 5.91 Å². The van der Waals surface area contributed by atoms with Crippen molar-refractivity contribution in [3.05, 3.63) is 95.9 Å². The fourth-order valence-electron chi connectivity index (χ4n) is 2.28. The van der Waals surface area contributed by atoms with Crippen LogP contribution in [0, 0.1) is 5.82 Å². The van der Waals surface area contributed by atoms with Gasteiger partial charge in [-0.15, -0.1) is 0 Å². The van der Waals surface area contributed by atoms with Gasteiger partial charge in [0, 0.05) is 11.8 Å². The van der Waals surface area contributed by atoms with Crippen LogP contribution in [-0.2, 0) is 6.54 Å². The maximum atomic E-state index is 13.1. The molecule has 3 rings (SSSR count). The van der Waals surface area contributed by atoms with Gasteiger partial charge in [-0.05, 0) is 42.0 Å². The summed E-state index contributed by atoms with van der Waals surface area (Å²) in [6.07, 6.45) is 1.64. The summed E-state index contributed by atoms with van der Waals surface area (Å²) in [6.45, 7) is 0.324. The Balaban J connectivity index is 1.94. The number of hydrogen-bond donors (Lipinski definition) is 0. The molecule has 1 aromatic heterocycles. The first kappa shape index (κ1) is 14.9. The van der Waals surface area contributed by atoms with Crippen LogP contribution in [0.3, 0.4) is 0 Å². The molecule has 0 atom stereocenters. The summed E-state index contributed by atoms with van der Waals surface area (Å²) >= 11 is 0. The van der Waals surface area contributed by atoms with E-state index in [0.29, 0.717) is 17.9 Å². The van der Waals surface area contributed by atoms with Crippen molar-refractivity contribution in [3.8, 4) is 0 Å². The molecule has 0 spiro atoms. The van der Waals surface area contributed by atoms with Gasteiger partial charge in [0.05, 0.1) is 6.54 Å². The summed E-state index contributed by atoms with van der Waals surface area (Å²) in [6, 6.07) is 20.6. The van der Waals surface area contributed by atoms with Crippen LogP contribution in [0.15, 0.2) is 79.0 Å². The van der Waals surface area contributed by atoms with E-state index < -0.39 is 0 Å². The van der Waals surface area contributed by atoms with Crippen LogP contribution in [0.4, 0.5) is 10.2 Å². The van der Waals surface area contributed by atoms with Gasteiger partial charge >= 0.3 is 0 Å². The second-order valence-corrected chi connectivity index (χ2v) is 5.07. The standard InChI is InChI=1S/C19H15FN2O/c20-17-11-9-15(10-12-17)14-22(18-8-4-5-13-21-18)19(23)16-6-2-1-3-7-16/h1-13H,14H2. The van der Waals surface area contributed by atoms with E-state index in [0.717, 1.165) is 5.56 Å². The molecule has 1 heterocycles. The van der Waals surface area contributed by atoms with Crippen LogP contribution in [0.1, 0.15) is 15.9 Å². The maximum Gasteiger partial charge on any atom is 0.259 e. The quantitative estimate of drug-likeness (QED) is 0.728. The van der Waals surface area contributed by atoms with Crippen molar-refractivity contribution >= 4 is 11.7 Å². The number of rotatable bonds is 4.